The number of imidazole rings is 1. The molecule has 0 spiro atoms. The van der Waals surface area contributed by atoms with Crippen LogP contribution < -0.4 is 10.6 Å². The fourth-order valence-corrected chi connectivity index (χ4v) is 3.40. The number of hydrogen-bond acceptors (Lipinski definition) is 6. The summed E-state index contributed by atoms with van der Waals surface area (Å²) in [5.41, 5.74) is 1.67. The van der Waals surface area contributed by atoms with E-state index in [1.54, 1.807) is 33.2 Å². The van der Waals surface area contributed by atoms with Gasteiger partial charge < -0.3 is 30.1 Å². The number of nitrogens with zero attached hydrogens (tertiary/aromatic N) is 1. The zero-order valence-corrected chi connectivity index (χ0v) is 19.1. The molecule has 2 aromatic heterocycles. The fourth-order valence-electron chi connectivity index (χ4n) is 3.40. The van der Waals surface area contributed by atoms with Crippen molar-refractivity contribution in [3.05, 3.63) is 54.2 Å². The van der Waals surface area contributed by atoms with Crippen LogP contribution in [0.25, 0.3) is 10.9 Å². The van der Waals surface area contributed by atoms with Gasteiger partial charge >= 0.3 is 12.1 Å². The lowest BCUT2D eigenvalue weighted by Crippen LogP contribution is -2.54. The number of aromatic nitrogens is 3. The Hall–Kier alpha value is -3.82. The Labute approximate surface area is 191 Å². The maximum Gasteiger partial charge on any atom is 0.408 e. The van der Waals surface area contributed by atoms with E-state index in [1.165, 1.54) is 13.4 Å². The van der Waals surface area contributed by atoms with Crippen LogP contribution in [0.4, 0.5) is 4.79 Å². The maximum atomic E-state index is 13.2. The second-order valence-corrected chi connectivity index (χ2v) is 8.63. The van der Waals surface area contributed by atoms with Crippen molar-refractivity contribution < 1.29 is 23.9 Å². The first kappa shape index (κ1) is 23.8. The number of hydrogen-bond donors (Lipinski definition) is 4. The zero-order chi connectivity index (χ0) is 24.0. The number of ether oxygens (including phenoxy) is 2. The topological polar surface area (TPSA) is 138 Å². The summed E-state index contributed by atoms with van der Waals surface area (Å²) in [6.07, 6.45) is 4.45. The van der Waals surface area contributed by atoms with E-state index in [1.807, 2.05) is 24.3 Å². The number of amides is 2. The Morgan fingerprint density at radius 2 is 1.82 bits per heavy atom. The highest BCUT2D eigenvalue weighted by molar-refractivity contribution is 5.91. The van der Waals surface area contributed by atoms with Gasteiger partial charge in [-0.25, -0.2) is 14.6 Å². The average molecular weight is 456 g/mol. The largest absolute Gasteiger partial charge is 0.467 e. The lowest BCUT2D eigenvalue weighted by Gasteiger charge is -2.24. The van der Waals surface area contributed by atoms with Gasteiger partial charge in [0, 0.05) is 41.8 Å². The van der Waals surface area contributed by atoms with Gasteiger partial charge in [-0.2, -0.15) is 0 Å². The summed E-state index contributed by atoms with van der Waals surface area (Å²) >= 11 is 0. The summed E-state index contributed by atoms with van der Waals surface area (Å²) in [4.78, 5) is 48.0. The van der Waals surface area contributed by atoms with Crippen molar-refractivity contribution in [3.63, 3.8) is 0 Å². The minimum Gasteiger partial charge on any atom is -0.467 e. The quantitative estimate of drug-likeness (QED) is 0.384. The van der Waals surface area contributed by atoms with E-state index < -0.39 is 35.7 Å². The number of carbonyl (C=O) groups is 3. The lowest BCUT2D eigenvalue weighted by molar-refractivity contribution is -0.145. The first-order chi connectivity index (χ1) is 15.7. The summed E-state index contributed by atoms with van der Waals surface area (Å²) in [7, 11) is 1.25. The van der Waals surface area contributed by atoms with Crippen LogP contribution in [0.1, 0.15) is 32.0 Å². The molecule has 2 atom stereocenters. The first-order valence-electron chi connectivity index (χ1n) is 10.6. The molecule has 0 fully saturated rings. The van der Waals surface area contributed by atoms with Crippen LogP contribution in [-0.4, -0.2) is 57.7 Å². The number of carbonyl (C=O) groups excluding carboxylic acids is 3. The predicted molar refractivity (Wildman–Crippen MR) is 121 cm³/mol. The summed E-state index contributed by atoms with van der Waals surface area (Å²) < 4.78 is 10.2. The van der Waals surface area contributed by atoms with Crippen molar-refractivity contribution >= 4 is 28.9 Å². The summed E-state index contributed by atoms with van der Waals surface area (Å²) in [6.45, 7) is 5.21. The standard InChI is InChI=1S/C23H29N5O5/c1-23(2,3)33-22(31)28-18(9-14-11-25-17-8-6-5-7-16(14)17)20(29)27-19(21(30)32-4)10-15-12-24-13-26-15/h5-8,11-13,18-19,25H,9-10H2,1-4H3,(H,24,26)(H,27,29)(H,28,31). The van der Waals surface area contributed by atoms with Crippen LogP contribution >= 0.6 is 0 Å². The predicted octanol–water partition coefficient (Wildman–Crippen LogP) is 2.23. The van der Waals surface area contributed by atoms with Gasteiger partial charge in [0.05, 0.1) is 13.4 Å². The fraction of sp³-hybridized carbons (Fsp3) is 0.391. The van der Waals surface area contributed by atoms with Crippen LogP contribution in [-0.2, 0) is 31.9 Å². The smallest absolute Gasteiger partial charge is 0.408 e. The zero-order valence-electron chi connectivity index (χ0n) is 19.1. The van der Waals surface area contributed by atoms with Crippen LogP contribution in [0.15, 0.2) is 43.0 Å². The number of para-hydroxylation sites is 1. The number of rotatable bonds is 8. The van der Waals surface area contributed by atoms with Gasteiger partial charge in [-0.3, -0.25) is 4.79 Å². The molecule has 0 radical (unpaired) electrons. The van der Waals surface area contributed by atoms with Crippen molar-refractivity contribution in [1.29, 1.82) is 0 Å². The maximum absolute atomic E-state index is 13.2. The molecular weight excluding hydrogens is 426 g/mol. The lowest BCUT2D eigenvalue weighted by atomic mass is 10.0. The summed E-state index contributed by atoms with van der Waals surface area (Å²) in [5.74, 6) is -1.15. The Balaban J connectivity index is 1.82. The highest BCUT2D eigenvalue weighted by atomic mass is 16.6. The van der Waals surface area contributed by atoms with E-state index in [0.717, 1.165) is 16.5 Å². The molecule has 0 aliphatic carbocycles. The van der Waals surface area contributed by atoms with Crippen molar-refractivity contribution in [1.82, 2.24) is 25.6 Å². The molecule has 0 saturated heterocycles. The highest BCUT2D eigenvalue weighted by Gasteiger charge is 2.30. The number of methoxy groups -OCH3 is 1. The Bertz CT molecular complexity index is 1100. The monoisotopic (exact) mass is 455 g/mol. The molecule has 0 aliphatic heterocycles. The number of H-pyrrole nitrogens is 2. The third-order valence-corrected chi connectivity index (χ3v) is 4.89. The minimum absolute atomic E-state index is 0.157. The number of aromatic amines is 2. The van der Waals surface area contributed by atoms with E-state index in [-0.39, 0.29) is 12.8 Å². The van der Waals surface area contributed by atoms with Crippen molar-refractivity contribution in [3.8, 4) is 0 Å². The van der Waals surface area contributed by atoms with E-state index in [2.05, 4.69) is 25.6 Å². The van der Waals surface area contributed by atoms with Crippen molar-refractivity contribution in [2.24, 2.45) is 0 Å². The van der Waals surface area contributed by atoms with E-state index in [4.69, 9.17) is 9.47 Å². The molecule has 0 bridgehead atoms. The van der Waals surface area contributed by atoms with Gasteiger partial charge in [-0.05, 0) is 32.4 Å². The SMILES string of the molecule is COC(=O)C(Cc1cnc[nH]1)NC(=O)C(Cc1c[nH]c2ccccc12)NC(=O)OC(C)(C)C. The third-order valence-electron chi connectivity index (χ3n) is 4.89. The van der Waals surface area contributed by atoms with Gasteiger partial charge in [0.1, 0.15) is 17.7 Å². The Morgan fingerprint density at radius 3 is 2.48 bits per heavy atom. The average Bonchev–Trinajstić information content (AvgIpc) is 3.41. The molecule has 2 heterocycles. The van der Waals surface area contributed by atoms with Gasteiger partial charge in [0.15, 0.2) is 0 Å². The molecule has 1 aromatic carbocycles. The molecule has 10 heteroatoms. The van der Waals surface area contributed by atoms with E-state index >= 15 is 0 Å². The van der Waals surface area contributed by atoms with E-state index in [9.17, 15) is 14.4 Å². The number of nitrogens with one attached hydrogen (secondary N) is 4. The third kappa shape index (κ3) is 6.58. The van der Waals surface area contributed by atoms with Crippen LogP contribution in [0.5, 0.6) is 0 Å². The summed E-state index contributed by atoms with van der Waals surface area (Å²) in [5, 5.41) is 6.26. The molecule has 33 heavy (non-hydrogen) atoms. The van der Waals surface area contributed by atoms with Crippen LogP contribution in [0.2, 0.25) is 0 Å². The Kier molecular flexibility index (Phi) is 7.37. The minimum atomic E-state index is -0.993. The number of fused-ring (bicyclic) bond motifs is 1. The molecule has 4 N–H and O–H groups in total. The van der Waals surface area contributed by atoms with Gasteiger partial charge in [-0.15, -0.1) is 0 Å². The second-order valence-electron chi connectivity index (χ2n) is 8.63. The molecule has 0 saturated carbocycles. The van der Waals surface area contributed by atoms with Gasteiger partial charge in [0.2, 0.25) is 5.91 Å². The number of esters is 1. The first-order valence-corrected chi connectivity index (χ1v) is 10.6. The van der Waals surface area contributed by atoms with Crippen molar-refractivity contribution in [2.45, 2.75) is 51.3 Å². The molecule has 3 aromatic rings. The molecule has 2 unspecified atom stereocenters. The summed E-state index contributed by atoms with van der Waals surface area (Å²) in [6, 6.07) is 5.70. The van der Waals surface area contributed by atoms with Crippen LogP contribution in [0, 0.1) is 0 Å². The normalized spacial score (nSPS) is 13.2. The molecule has 0 aliphatic rings. The molecule has 176 valence electrons. The second kappa shape index (κ2) is 10.2. The number of alkyl carbamates (subject to hydrolysis) is 1. The highest BCUT2D eigenvalue weighted by Crippen LogP contribution is 2.19. The van der Waals surface area contributed by atoms with E-state index in [0.29, 0.717) is 5.69 Å². The van der Waals surface area contributed by atoms with Crippen molar-refractivity contribution in [2.75, 3.05) is 7.11 Å². The molecule has 2 amide bonds. The molecular formula is C23H29N5O5. The molecule has 3 rings (SSSR count). The molecule has 10 nitrogen and oxygen atoms in total. The van der Waals surface area contributed by atoms with Gasteiger partial charge in [-0.1, -0.05) is 18.2 Å². The van der Waals surface area contributed by atoms with Crippen LogP contribution in [0.3, 0.4) is 0 Å². The Morgan fingerprint density at radius 1 is 1.06 bits per heavy atom. The number of benzene rings is 1. The van der Waals surface area contributed by atoms with Gasteiger partial charge in [0.25, 0.3) is 0 Å².